The number of anilines is 3. The van der Waals surface area contributed by atoms with Crippen molar-refractivity contribution >= 4 is 28.5 Å². The fourth-order valence-corrected chi connectivity index (χ4v) is 4.02. The average molecular weight is 448 g/mol. The summed E-state index contributed by atoms with van der Waals surface area (Å²) >= 11 is 0. The molecule has 0 atom stereocenters. The van der Waals surface area contributed by atoms with Crippen LogP contribution >= 0.6 is 0 Å². The van der Waals surface area contributed by atoms with Crippen molar-refractivity contribution in [2.45, 2.75) is 25.4 Å². The molecule has 2 aliphatic heterocycles. The number of alkyl halides is 3. The van der Waals surface area contributed by atoms with Gasteiger partial charge in [-0.3, -0.25) is 4.79 Å². The molecular formula is C23H24F4N4O. The number of hydrogen-bond acceptors (Lipinski definition) is 4. The van der Waals surface area contributed by atoms with Crippen molar-refractivity contribution in [2.24, 2.45) is 0 Å². The monoisotopic (exact) mass is 448 g/mol. The predicted octanol–water partition coefficient (Wildman–Crippen LogP) is 5.15. The lowest BCUT2D eigenvalue weighted by atomic mass is 10.1. The number of amides is 1. The summed E-state index contributed by atoms with van der Waals surface area (Å²) in [6.45, 7) is 3.08. The molecule has 2 aliphatic rings. The van der Waals surface area contributed by atoms with Crippen LogP contribution < -0.4 is 16.0 Å². The van der Waals surface area contributed by atoms with Gasteiger partial charge in [0.2, 0.25) is 0 Å². The van der Waals surface area contributed by atoms with Gasteiger partial charge in [0.15, 0.2) is 0 Å². The summed E-state index contributed by atoms with van der Waals surface area (Å²) < 4.78 is 54.3. The van der Waals surface area contributed by atoms with E-state index in [4.69, 9.17) is 0 Å². The topological polar surface area (TPSA) is 56.4 Å². The van der Waals surface area contributed by atoms with Crippen molar-refractivity contribution in [3.8, 4) is 0 Å². The summed E-state index contributed by atoms with van der Waals surface area (Å²) in [4.78, 5) is 14.4. The highest BCUT2D eigenvalue weighted by Gasteiger charge is 2.34. The van der Waals surface area contributed by atoms with E-state index in [9.17, 15) is 22.4 Å². The zero-order chi connectivity index (χ0) is 22.7. The van der Waals surface area contributed by atoms with Gasteiger partial charge in [0.1, 0.15) is 5.82 Å². The Morgan fingerprint density at radius 1 is 1.06 bits per heavy atom. The van der Waals surface area contributed by atoms with Crippen LogP contribution in [-0.4, -0.2) is 37.0 Å². The van der Waals surface area contributed by atoms with Gasteiger partial charge in [0, 0.05) is 36.2 Å². The van der Waals surface area contributed by atoms with E-state index in [0.717, 1.165) is 32.0 Å². The van der Waals surface area contributed by atoms with Gasteiger partial charge in [-0.15, -0.1) is 0 Å². The van der Waals surface area contributed by atoms with E-state index in [1.165, 1.54) is 43.0 Å². The summed E-state index contributed by atoms with van der Waals surface area (Å²) in [6.07, 6.45) is 0.254. The third-order valence-corrected chi connectivity index (χ3v) is 5.66. The maximum Gasteiger partial charge on any atom is 0.418 e. The molecule has 0 saturated carbocycles. The van der Waals surface area contributed by atoms with E-state index < -0.39 is 23.5 Å². The molecule has 2 aromatic rings. The molecule has 1 amide bonds. The molecule has 0 unspecified atom stereocenters. The van der Waals surface area contributed by atoms with E-state index >= 15 is 0 Å². The average Bonchev–Trinajstić information content (AvgIpc) is 3.06. The molecule has 1 saturated heterocycles. The number of carbonyl (C=O) groups excluding carboxylic acids is 1. The second-order valence-electron chi connectivity index (χ2n) is 7.93. The Labute approximate surface area is 183 Å². The largest absolute Gasteiger partial charge is 0.418 e. The van der Waals surface area contributed by atoms with Crippen LogP contribution in [0.5, 0.6) is 0 Å². The summed E-state index contributed by atoms with van der Waals surface area (Å²) in [5.41, 5.74) is 0.459. The molecule has 0 aliphatic carbocycles. The normalized spacial score (nSPS) is 17.9. The molecule has 2 aromatic carbocycles. The second kappa shape index (κ2) is 9.20. The number of halogens is 4. The van der Waals surface area contributed by atoms with Gasteiger partial charge in [-0.05, 0) is 62.3 Å². The van der Waals surface area contributed by atoms with Gasteiger partial charge in [0.05, 0.1) is 16.8 Å². The zero-order valence-corrected chi connectivity index (χ0v) is 17.4. The van der Waals surface area contributed by atoms with Gasteiger partial charge < -0.3 is 20.9 Å². The van der Waals surface area contributed by atoms with Crippen LogP contribution in [0.3, 0.4) is 0 Å². The molecule has 0 aromatic heterocycles. The van der Waals surface area contributed by atoms with Crippen LogP contribution in [0.1, 0.15) is 30.4 Å². The van der Waals surface area contributed by atoms with Crippen molar-refractivity contribution in [3.63, 3.8) is 0 Å². The van der Waals surface area contributed by atoms with Crippen LogP contribution in [0, 0.1) is 5.82 Å². The Morgan fingerprint density at radius 3 is 2.59 bits per heavy atom. The smallest absolute Gasteiger partial charge is 0.383 e. The number of nitrogens with one attached hydrogen (secondary N) is 3. The SMILES string of the molecule is O=C1Nc2cc(F)ccc2/C1=C\Nc1ccc(NCCN2CCCCC2)c(C(F)(F)F)c1. The lowest BCUT2D eigenvalue weighted by Crippen LogP contribution is -2.33. The van der Waals surface area contributed by atoms with Crippen molar-refractivity contribution in [1.82, 2.24) is 4.90 Å². The fraction of sp³-hybridized carbons (Fsp3) is 0.348. The summed E-state index contributed by atoms with van der Waals surface area (Å²) in [5.74, 6) is -0.943. The Hall–Kier alpha value is -3.07. The standard InChI is InChI=1S/C23H24F4N4O/c24-15-4-6-17-18(22(32)30-21(17)12-15)14-29-16-5-7-20(19(13-16)23(25,26)27)28-8-11-31-9-2-1-3-10-31/h4-7,12-14,28-29H,1-3,8-11H2,(H,30,32)/b18-14+. The molecule has 1 fully saturated rings. The van der Waals surface area contributed by atoms with Gasteiger partial charge in [-0.2, -0.15) is 13.2 Å². The number of nitrogens with zero attached hydrogens (tertiary/aromatic N) is 1. The van der Waals surface area contributed by atoms with E-state index in [1.807, 2.05) is 0 Å². The highest BCUT2D eigenvalue weighted by molar-refractivity contribution is 6.31. The maximum absolute atomic E-state index is 13.7. The Kier molecular flexibility index (Phi) is 6.36. The Morgan fingerprint density at radius 2 is 1.84 bits per heavy atom. The first-order chi connectivity index (χ1) is 15.3. The number of rotatable bonds is 6. The van der Waals surface area contributed by atoms with Crippen LogP contribution in [0.4, 0.5) is 34.6 Å². The van der Waals surface area contributed by atoms with Crippen LogP contribution in [0.25, 0.3) is 5.57 Å². The van der Waals surface area contributed by atoms with Gasteiger partial charge >= 0.3 is 6.18 Å². The number of likely N-dealkylation sites (tertiary alicyclic amines) is 1. The van der Waals surface area contributed by atoms with Gasteiger partial charge in [0.25, 0.3) is 5.91 Å². The molecular weight excluding hydrogens is 424 g/mol. The molecule has 170 valence electrons. The number of benzene rings is 2. The first-order valence-corrected chi connectivity index (χ1v) is 10.6. The second-order valence-corrected chi connectivity index (χ2v) is 7.93. The van der Waals surface area contributed by atoms with Crippen molar-refractivity contribution in [3.05, 3.63) is 59.5 Å². The van der Waals surface area contributed by atoms with E-state index in [1.54, 1.807) is 0 Å². The maximum atomic E-state index is 13.7. The third-order valence-electron chi connectivity index (χ3n) is 5.66. The summed E-state index contributed by atoms with van der Waals surface area (Å²) in [6, 6.07) is 7.79. The number of carbonyl (C=O) groups is 1. The lowest BCUT2D eigenvalue weighted by molar-refractivity contribution is -0.136. The van der Waals surface area contributed by atoms with E-state index in [-0.39, 0.29) is 16.9 Å². The van der Waals surface area contributed by atoms with Crippen molar-refractivity contribution < 1.29 is 22.4 Å². The minimum atomic E-state index is -4.53. The quantitative estimate of drug-likeness (QED) is 0.423. The molecule has 0 radical (unpaired) electrons. The predicted molar refractivity (Wildman–Crippen MR) is 117 cm³/mol. The van der Waals surface area contributed by atoms with Gasteiger partial charge in [-0.1, -0.05) is 6.42 Å². The minimum Gasteiger partial charge on any atom is -0.383 e. The van der Waals surface area contributed by atoms with Gasteiger partial charge in [-0.25, -0.2) is 4.39 Å². The van der Waals surface area contributed by atoms with E-state index in [0.29, 0.717) is 24.3 Å². The Balaban J connectivity index is 1.48. The van der Waals surface area contributed by atoms with Crippen LogP contribution in [0.15, 0.2) is 42.6 Å². The molecule has 2 heterocycles. The molecule has 9 heteroatoms. The van der Waals surface area contributed by atoms with Crippen LogP contribution in [0.2, 0.25) is 0 Å². The number of hydrogen-bond donors (Lipinski definition) is 3. The molecule has 0 spiro atoms. The summed E-state index contributed by atoms with van der Waals surface area (Å²) in [5, 5.41) is 8.22. The zero-order valence-electron chi connectivity index (χ0n) is 17.4. The molecule has 3 N–H and O–H groups in total. The highest BCUT2D eigenvalue weighted by Crippen LogP contribution is 2.37. The molecule has 5 nitrogen and oxygen atoms in total. The first-order valence-electron chi connectivity index (χ1n) is 10.6. The highest BCUT2D eigenvalue weighted by atomic mass is 19.4. The lowest BCUT2D eigenvalue weighted by Gasteiger charge is -2.26. The number of fused-ring (bicyclic) bond motifs is 1. The third kappa shape index (κ3) is 5.04. The molecule has 32 heavy (non-hydrogen) atoms. The van der Waals surface area contributed by atoms with Crippen LogP contribution in [-0.2, 0) is 11.0 Å². The fourth-order valence-electron chi connectivity index (χ4n) is 4.02. The number of piperidine rings is 1. The first kappa shape index (κ1) is 22.1. The summed E-state index contributed by atoms with van der Waals surface area (Å²) in [7, 11) is 0. The molecule has 0 bridgehead atoms. The van der Waals surface area contributed by atoms with Crippen molar-refractivity contribution in [1.29, 1.82) is 0 Å². The Bertz CT molecular complexity index is 1030. The van der Waals surface area contributed by atoms with E-state index in [2.05, 4.69) is 20.9 Å². The van der Waals surface area contributed by atoms with Crippen molar-refractivity contribution in [2.75, 3.05) is 42.1 Å². The molecule has 4 rings (SSSR count). The minimum absolute atomic E-state index is 0.0205.